The Morgan fingerprint density at radius 3 is 0.933 bits per heavy atom. The van der Waals surface area contributed by atoms with Crippen molar-refractivity contribution in [2.45, 2.75) is 0 Å². The van der Waals surface area contributed by atoms with Crippen molar-refractivity contribution < 1.29 is 72.8 Å². The molecule has 0 unspecified atom stereocenters. The van der Waals surface area contributed by atoms with E-state index in [1.54, 1.807) is 0 Å². The smallest absolute Gasteiger partial charge is 0.0636 e. The molecule has 0 aromatic rings. The van der Waals surface area contributed by atoms with Gasteiger partial charge < -0.3 is 41.7 Å². The normalized spacial score (nSPS) is 4.27. The van der Waals surface area contributed by atoms with Gasteiger partial charge in [0.05, 0.1) is 11.9 Å². The number of hydrogen-bond donors (Lipinski definition) is 0. The van der Waals surface area contributed by atoms with Gasteiger partial charge in [0, 0.05) is 31.1 Å². The number of carbonyl (C=O) groups is 2. The summed E-state index contributed by atoms with van der Waals surface area (Å²) in [5.41, 5.74) is 0. The molecule has 8 nitrogen and oxygen atoms in total. The molecule has 0 saturated carbocycles. The van der Waals surface area contributed by atoms with Crippen molar-refractivity contribution >= 4 is 11.9 Å². The topological polar surface area (TPSA) is 203 Å². The van der Waals surface area contributed by atoms with Crippen LogP contribution in [0.1, 0.15) is 0 Å². The van der Waals surface area contributed by atoms with Crippen LogP contribution in [0.5, 0.6) is 0 Å². The van der Waals surface area contributed by atoms with E-state index in [2.05, 4.69) is 13.2 Å². The number of hydrogen-bond acceptors (Lipinski definition) is 4. The minimum atomic E-state index is -1.23. The molecule has 0 heterocycles. The van der Waals surface area contributed by atoms with Gasteiger partial charge in [-0.2, -0.15) is 0 Å². The Hall–Kier alpha value is -0.688. The van der Waals surface area contributed by atoms with Gasteiger partial charge in [-0.25, -0.2) is 0 Å². The zero-order valence-electron chi connectivity index (χ0n) is 7.67. The van der Waals surface area contributed by atoms with Gasteiger partial charge in [-0.3, -0.25) is 0 Å². The molecule has 0 atom stereocenters. The molecule has 0 radical (unpaired) electrons. The molecule has 0 fully saturated rings. The maximum Gasteiger partial charge on any atom is 0.0636 e. The maximum atomic E-state index is 9.14. The Bertz CT molecular complexity index is 139. The van der Waals surface area contributed by atoms with Gasteiger partial charge in [0.2, 0.25) is 0 Å². The summed E-state index contributed by atoms with van der Waals surface area (Å²) in [5.74, 6) is -2.46. The molecule has 0 aliphatic carbocycles. The minimum Gasteiger partial charge on any atom is -2.00 e. The SMILES string of the molecule is C=CC(=O)[O-].C=CC(=O)[O-].[O-2].[O-2].[OH3+].[OH3+].[U]. The zero-order valence-corrected chi connectivity index (χ0v) is 11.8. The Labute approximate surface area is 110 Å². The van der Waals surface area contributed by atoms with Crippen molar-refractivity contribution in [2.24, 2.45) is 0 Å². The van der Waals surface area contributed by atoms with Crippen LogP contribution in [0.2, 0.25) is 0 Å². The number of carboxylic acids is 2. The van der Waals surface area contributed by atoms with Crippen molar-refractivity contribution in [2.75, 3.05) is 0 Å². The van der Waals surface area contributed by atoms with Crippen LogP contribution < -0.4 is 10.2 Å². The Balaban J connectivity index is -0.0000000128. The molecule has 0 spiro atoms. The first-order chi connectivity index (χ1) is 4.54. The van der Waals surface area contributed by atoms with Crippen molar-refractivity contribution in [1.29, 1.82) is 0 Å². The predicted octanol–water partition coefficient (Wildman–Crippen LogP) is -4.24. The number of aliphatic carboxylic acids is 2. The summed E-state index contributed by atoms with van der Waals surface area (Å²) in [7, 11) is 0. The summed E-state index contributed by atoms with van der Waals surface area (Å²) in [6, 6.07) is 0. The Morgan fingerprint density at radius 2 is 0.933 bits per heavy atom. The molecule has 15 heavy (non-hydrogen) atoms. The number of carbonyl (C=O) groups excluding carboxylic acids is 2. The molecule has 0 rings (SSSR count). The monoisotopic (exact) mass is 450 g/mol. The molecule has 9 heteroatoms. The summed E-state index contributed by atoms with van der Waals surface area (Å²) in [6.45, 7) is 5.80. The molecule has 0 bridgehead atoms. The predicted molar refractivity (Wildman–Crippen MR) is 41.5 cm³/mol. The fourth-order valence-electron chi connectivity index (χ4n) is 0. The first-order valence-corrected chi connectivity index (χ1v) is 2.21. The van der Waals surface area contributed by atoms with E-state index in [0.717, 1.165) is 12.2 Å². The van der Waals surface area contributed by atoms with Crippen molar-refractivity contribution in [1.82, 2.24) is 0 Å². The standard InChI is InChI=1S/2C3H4O2.2H2O.2O.U/c2*1-2-3(4)5;;;;;/h2*2H,1H2,(H,4,5);2*1H2;;;/q;;;;2*-2;. The Kier molecular flexibility index (Phi) is 119. The first-order valence-electron chi connectivity index (χ1n) is 2.21. The molecular weight excluding hydrogens is 438 g/mol. The quantitative estimate of drug-likeness (QED) is 0.303. The van der Waals surface area contributed by atoms with Crippen LogP contribution >= 0.6 is 0 Å². The second kappa shape index (κ2) is 37.7. The third kappa shape index (κ3) is 155. The minimum absolute atomic E-state index is 0. The molecule has 6 N–H and O–H groups in total. The molecule has 0 saturated heterocycles. The van der Waals surface area contributed by atoms with Crippen LogP contribution in [0.15, 0.2) is 25.3 Å². The van der Waals surface area contributed by atoms with E-state index in [1.165, 1.54) is 0 Å². The van der Waals surface area contributed by atoms with Crippen LogP contribution in [0.3, 0.4) is 0 Å². The average Bonchev–Trinajstić information content (AvgIpc) is 1.89. The van der Waals surface area contributed by atoms with Gasteiger partial charge in [-0.05, 0) is 12.2 Å². The summed E-state index contributed by atoms with van der Waals surface area (Å²) >= 11 is 0. The van der Waals surface area contributed by atoms with Crippen LogP contribution in [0.4, 0.5) is 0 Å². The van der Waals surface area contributed by atoms with Gasteiger partial charge in [0.15, 0.2) is 0 Å². The van der Waals surface area contributed by atoms with Crippen molar-refractivity contribution in [3.05, 3.63) is 25.3 Å². The molecule has 0 aromatic heterocycles. The third-order valence-electron chi connectivity index (χ3n) is 0.333. The van der Waals surface area contributed by atoms with Crippen molar-refractivity contribution in [3.8, 4) is 0 Å². The van der Waals surface area contributed by atoms with Gasteiger partial charge in [-0.1, -0.05) is 13.2 Å². The Morgan fingerprint density at radius 1 is 0.867 bits per heavy atom. The molecule has 0 aliphatic rings. The summed E-state index contributed by atoms with van der Waals surface area (Å²) in [6.07, 6.45) is 1.44. The largest absolute Gasteiger partial charge is 2.00 e. The first kappa shape index (κ1) is 47.4. The van der Waals surface area contributed by atoms with Crippen molar-refractivity contribution in [3.63, 3.8) is 0 Å². The fourth-order valence-corrected chi connectivity index (χ4v) is 0. The summed E-state index contributed by atoms with van der Waals surface area (Å²) < 4.78 is 0. The maximum absolute atomic E-state index is 9.14. The molecule has 0 aliphatic heterocycles. The van der Waals surface area contributed by atoms with Crippen LogP contribution in [0.25, 0.3) is 0 Å². The van der Waals surface area contributed by atoms with Crippen LogP contribution in [-0.2, 0) is 31.5 Å². The third-order valence-corrected chi connectivity index (χ3v) is 0.333. The second-order valence-electron chi connectivity index (χ2n) is 1.05. The van der Waals surface area contributed by atoms with E-state index >= 15 is 0 Å². The van der Waals surface area contributed by atoms with E-state index < -0.39 is 11.9 Å². The van der Waals surface area contributed by atoms with Gasteiger partial charge in [-0.15, -0.1) is 0 Å². The van der Waals surface area contributed by atoms with Crippen LogP contribution in [-0.4, -0.2) is 11.9 Å². The van der Waals surface area contributed by atoms with E-state index in [-0.39, 0.29) is 53.0 Å². The fraction of sp³-hybridized carbons (Fsp3) is 0. The zero-order chi connectivity index (χ0) is 8.57. The number of rotatable bonds is 2. The van der Waals surface area contributed by atoms with Gasteiger partial charge in [0.25, 0.3) is 0 Å². The second-order valence-corrected chi connectivity index (χ2v) is 1.05. The molecular formula is C6H12O8U-4. The van der Waals surface area contributed by atoms with Crippen LogP contribution in [0, 0.1) is 31.1 Å². The van der Waals surface area contributed by atoms with E-state index in [0.29, 0.717) is 0 Å². The number of carboxylic acid groups (broad SMARTS) is 2. The average molecular weight is 450 g/mol. The summed E-state index contributed by atoms with van der Waals surface area (Å²) in [5, 5.41) is 18.3. The van der Waals surface area contributed by atoms with E-state index in [4.69, 9.17) is 19.8 Å². The van der Waals surface area contributed by atoms with Gasteiger partial charge in [0.1, 0.15) is 0 Å². The molecule has 92 valence electrons. The van der Waals surface area contributed by atoms with E-state index in [9.17, 15) is 0 Å². The van der Waals surface area contributed by atoms with E-state index in [1.807, 2.05) is 0 Å². The molecule has 0 amide bonds. The molecule has 0 aromatic carbocycles. The van der Waals surface area contributed by atoms with Gasteiger partial charge >= 0.3 is 0 Å². The summed E-state index contributed by atoms with van der Waals surface area (Å²) in [4.78, 5) is 18.3.